The summed E-state index contributed by atoms with van der Waals surface area (Å²) in [6.45, 7) is 6.24. The first-order valence-electron chi connectivity index (χ1n) is 7.30. The zero-order valence-electron chi connectivity index (χ0n) is 12.7. The lowest BCUT2D eigenvalue weighted by Gasteiger charge is -2.26. The van der Waals surface area contributed by atoms with Gasteiger partial charge in [0.25, 0.3) is 5.56 Å². The number of carbonyl (C=O) groups is 1. The number of fused-ring (bicyclic) bond motifs is 1. The summed E-state index contributed by atoms with van der Waals surface area (Å²) in [4.78, 5) is 33.2. The molecule has 2 aromatic rings. The van der Waals surface area contributed by atoms with Gasteiger partial charge in [0.15, 0.2) is 0 Å². The van der Waals surface area contributed by atoms with Crippen LogP contribution >= 0.6 is 0 Å². The summed E-state index contributed by atoms with van der Waals surface area (Å²) in [5.41, 5.74) is 0.491. The quantitative estimate of drug-likeness (QED) is 0.918. The van der Waals surface area contributed by atoms with Crippen molar-refractivity contribution < 1.29 is 4.79 Å². The maximum Gasteiger partial charge on any atom is 0.258 e. The normalized spacial score (nSPS) is 11.0. The molecule has 0 saturated heterocycles. The van der Waals surface area contributed by atoms with E-state index in [1.54, 1.807) is 11.0 Å². The summed E-state index contributed by atoms with van der Waals surface area (Å²) in [5, 5.41) is 0.567. The van der Waals surface area contributed by atoms with E-state index >= 15 is 0 Å². The molecule has 0 aliphatic heterocycles. The number of hydrogen-bond donors (Lipinski definition) is 1. The van der Waals surface area contributed by atoms with Crippen LogP contribution in [-0.4, -0.2) is 26.8 Å². The van der Waals surface area contributed by atoms with Gasteiger partial charge >= 0.3 is 0 Å². The number of aromatic amines is 1. The van der Waals surface area contributed by atoms with Crippen molar-refractivity contribution in [2.75, 3.05) is 0 Å². The van der Waals surface area contributed by atoms with Crippen molar-refractivity contribution >= 4 is 16.8 Å². The lowest BCUT2D eigenvalue weighted by Crippen LogP contribution is -2.37. The highest BCUT2D eigenvalue weighted by Gasteiger charge is 2.17. The summed E-state index contributed by atoms with van der Waals surface area (Å²) in [6.07, 6.45) is 1.32. The Balaban J connectivity index is 2.33. The number of para-hydroxylation sites is 1. The third-order valence-electron chi connectivity index (χ3n) is 3.39. The second-order valence-electron chi connectivity index (χ2n) is 5.40. The molecule has 5 heteroatoms. The standard InChI is InChI=1S/C16H21N3O2/c1-4-7-15(20)19(11(2)3)10-14-17-13-9-6-5-8-12(13)16(21)18-14/h5-6,8-9,11H,4,7,10H2,1-3H3,(H,17,18,21). The van der Waals surface area contributed by atoms with Crippen molar-refractivity contribution in [3.8, 4) is 0 Å². The number of nitrogens with zero attached hydrogens (tertiary/aromatic N) is 2. The van der Waals surface area contributed by atoms with E-state index in [0.29, 0.717) is 29.7 Å². The van der Waals surface area contributed by atoms with E-state index in [9.17, 15) is 9.59 Å². The van der Waals surface area contributed by atoms with Crippen LogP contribution in [0.4, 0.5) is 0 Å². The van der Waals surface area contributed by atoms with Crippen LogP contribution in [0.15, 0.2) is 29.1 Å². The van der Waals surface area contributed by atoms with E-state index in [1.165, 1.54) is 0 Å². The van der Waals surface area contributed by atoms with Crippen molar-refractivity contribution in [2.24, 2.45) is 0 Å². The van der Waals surface area contributed by atoms with Gasteiger partial charge in [-0.15, -0.1) is 0 Å². The molecule has 0 aliphatic rings. The van der Waals surface area contributed by atoms with Gasteiger partial charge in [-0.2, -0.15) is 0 Å². The van der Waals surface area contributed by atoms with Gasteiger partial charge in [0.2, 0.25) is 5.91 Å². The van der Waals surface area contributed by atoms with Crippen molar-refractivity contribution in [1.82, 2.24) is 14.9 Å². The molecule has 0 spiro atoms. The Kier molecular flexibility index (Phi) is 4.73. The maximum atomic E-state index is 12.1. The van der Waals surface area contributed by atoms with E-state index in [1.807, 2.05) is 39.0 Å². The number of H-pyrrole nitrogens is 1. The molecule has 2 rings (SSSR count). The molecule has 1 N–H and O–H groups in total. The smallest absolute Gasteiger partial charge is 0.258 e. The summed E-state index contributed by atoms with van der Waals surface area (Å²) in [7, 11) is 0. The van der Waals surface area contributed by atoms with Gasteiger partial charge in [-0.1, -0.05) is 19.1 Å². The Labute approximate surface area is 124 Å². The minimum absolute atomic E-state index is 0.0702. The van der Waals surface area contributed by atoms with Gasteiger partial charge < -0.3 is 9.88 Å². The molecule has 0 atom stereocenters. The first kappa shape index (κ1) is 15.2. The van der Waals surface area contributed by atoms with Crippen LogP contribution in [0, 0.1) is 0 Å². The summed E-state index contributed by atoms with van der Waals surface area (Å²) in [5.74, 6) is 0.611. The summed E-state index contributed by atoms with van der Waals surface area (Å²) >= 11 is 0. The number of hydrogen-bond acceptors (Lipinski definition) is 3. The SMILES string of the molecule is CCCC(=O)N(Cc1nc2ccccc2c(=O)[nH]1)C(C)C. The topological polar surface area (TPSA) is 66.1 Å². The predicted molar refractivity (Wildman–Crippen MR) is 83.0 cm³/mol. The molecule has 0 aliphatic carbocycles. The molecular formula is C16H21N3O2. The molecule has 0 saturated carbocycles. The average Bonchev–Trinajstić information content (AvgIpc) is 2.44. The molecule has 1 heterocycles. The van der Waals surface area contributed by atoms with Gasteiger partial charge in [0.05, 0.1) is 17.4 Å². The largest absolute Gasteiger partial charge is 0.333 e. The Morgan fingerprint density at radius 1 is 1.33 bits per heavy atom. The number of rotatable bonds is 5. The molecule has 21 heavy (non-hydrogen) atoms. The van der Waals surface area contributed by atoms with Gasteiger partial charge in [-0.3, -0.25) is 9.59 Å². The first-order chi connectivity index (χ1) is 10.0. The van der Waals surface area contributed by atoms with Crippen LogP contribution in [-0.2, 0) is 11.3 Å². The number of benzene rings is 1. The van der Waals surface area contributed by atoms with Crippen molar-refractivity contribution in [1.29, 1.82) is 0 Å². The van der Waals surface area contributed by atoms with E-state index in [4.69, 9.17) is 0 Å². The first-order valence-corrected chi connectivity index (χ1v) is 7.30. The highest BCUT2D eigenvalue weighted by molar-refractivity contribution is 5.78. The van der Waals surface area contributed by atoms with Gasteiger partial charge in [0, 0.05) is 12.5 Å². The Hall–Kier alpha value is -2.17. The van der Waals surface area contributed by atoms with Crippen LogP contribution in [0.2, 0.25) is 0 Å². The van der Waals surface area contributed by atoms with E-state index in [0.717, 1.165) is 6.42 Å². The molecule has 1 aromatic heterocycles. The lowest BCUT2D eigenvalue weighted by molar-refractivity contribution is -0.133. The second kappa shape index (κ2) is 6.52. The van der Waals surface area contributed by atoms with Crippen molar-refractivity contribution in [3.63, 3.8) is 0 Å². The predicted octanol–water partition coefficient (Wildman–Crippen LogP) is 2.46. The molecular weight excluding hydrogens is 266 g/mol. The fraction of sp³-hybridized carbons (Fsp3) is 0.438. The van der Waals surface area contributed by atoms with E-state index in [-0.39, 0.29) is 17.5 Å². The van der Waals surface area contributed by atoms with Crippen LogP contribution < -0.4 is 5.56 Å². The Morgan fingerprint density at radius 2 is 2.05 bits per heavy atom. The van der Waals surface area contributed by atoms with Crippen LogP contribution in [0.5, 0.6) is 0 Å². The summed E-state index contributed by atoms with van der Waals surface area (Å²) < 4.78 is 0. The van der Waals surface area contributed by atoms with Crippen molar-refractivity contribution in [3.05, 3.63) is 40.4 Å². The highest BCUT2D eigenvalue weighted by Crippen LogP contribution is 2.10. The molecule has 0 fully saturated rings. The molecule has 112 valence electrons. The minimum atomic E-state index is -0.165. The third-order valence-corrected chi connectivity index (χ3v) is 3.39. The van der Waals surface area contributed by atoms with Crippen LogP contribution in [0.1, 0.15) is 39.4 Å². The highest BCUT2D eigenvalue weighted by atomic mass is 16.2. The Bertz CT molecular complexity index is 691. The van der Waals surface area contributed by atoms with Crippen LogP contribution in [0.3, 0.4) is 0 Å². The monoisotopic (exact) mass is 287 g/mol. The second-order valence-corrected chi connectivity index (χ2v) is 5.40. The lowest BCUT2D eigenvalue weighted by atomic mass is 10.2. The molecule has 0 radical (unpaired) electrons. The summed E-state index contributed by atoms with van der Waals surface area (Å²) in [6, 6.07) is 7.28. The number of amides is 1. The molecule has 0 bridgehead atoms. The Morgan fingerprint density at radius 3 is 2.71 bits per heavy atom. The number of carbonyl (C=O) groups excluding carboxylic acids is 1. The van der Waals surface area contributed by atoms with E-state index in [2.05, 4.69) is 9.97 Å². The third kappa shape index (κ3) is 3.48. The fourth-order valence-electron chi connectivity index (χ4n) is 2.29. The molecule has 5 nitrogen and oxygen atoms in total. The average molecular weight is 287 g/mol. The minimum Gasteiger partial charge on any atom is -0.333 e. The van der Waals surface area contributed by atoms with Crippen LogP contribution in [0.25, 0.3) is 10.9 Å². The van der Waals surface area contributed by atoms with Gasteiger partial charge in [-0.05, 0) is 32.4 Å². The fourth-order valence-corrected chi connectivity index (χ4v) is 2.29. The number of aromatic nitrogens is 2. The maximum absolute atomic E-state index is 12.1. The molecule has 1 aromatic carbocycles. The van der Waals surface area contributed by atoms with Gasteiger partial charge in [0.1, 0.15) is 5.82 Å². The zero-order chi connectivity index (χ0) is 15.4. The molecule has 1 amide bonds. The number of nitrogens with one attached hydrogen (secondary N) is 1. The van der Waals surface area contributed by atoms with Crippen molar-refractivity contribution in [2.45, 2.75) is 46.2 Å². The van der Waals surface area contributed by atoms with E-state index < -0.39 is 0 Å². The molecule has 0 unspecified atom stereocenters. The van der Waals surface area contributed by atoms with Gasteiger partial charge in [-0.25, -0.2) is 4.98 Å². The zero-order valence-corrected chi connectivity index (χ0v) is 12.7.